The molecule has 0 fully saturated rings. The molecule has 1 N–H and O–H groups in total. The topological polar surface area (TPSA) is 77.0 Å². The predicted molar refractivity (Wildman–Crippen MR) is 67.3 cm³/mol. The van der Waals surface area contributed by atoms with Crippen molar-refractivity contribution in [2.24, 2.45) is 4.99 Å². The lowest BCUT2D eigenvalue weighted by atomic mass is 10.2. The first-order valence-electron chi connectivity index (χ1n) is 5.08. The van der Waals surface area contributed by atoms with Gasteiger partial charge in [0, 0.05) is 0 Å². The quantitative estimate of drug-likeness (QED) is 0.580. The number of hydrogen-bond donors (Lipinski definition) is 1. The second-order valence-electron chi connectivity index (χ2n) is 3.95. The van der Waals surface area contributed by atoms with Gasteiger partial charge in [-0.1, -0.05) is 11.8 Å². The maximum absolute atomic E-state index is 11.4. The molecule has 0 radical (unpaired) electrons. The fraction of sp³-hybridized carbons (Fsp3) is 0.700. The van der Waals surface area contributed by atoms with E-state index in [1.807, 2.05) is 0 Å². The van der Waals surface area contributed by atoms with Crippen LogP contribution in [-0.4, -0.2) is 35.8 Å². The molecule has 0 spiro atoms. The number of aliphatic imine (C=N–C) groups is 1. The lowest BCUT2D eigenvalue weighted by Gasteiger charge is -2.19. The fourth-order valence-corrected chi connectivity index (χ4v) is 1.11. The summed E-state index contributed by atoms with van der Waals surface area (Å²) in [6.45, 7) is 7.14. The van der Waals surface area contributed by atoms with Crippen LogP contribution in [-0.2, 0) is 9.47 Å². The van der Waals surface area contributed by atoms with Crippen LogP contribution in [0.3, 0.4) is 0 Å². The normalized spacial score (nSPS) is 11.9. The number of carbonyl (C=O) groups is 2. The highest BCUT2D eigenvalue weighted by Crippen LogP contribution is 2.07. The van der Waals surface area contributed by atoms with Gasteiger partial charge >= 0.3 is 12.2 Å². The van der Waals surface area contributed by atoms with Gasteiger partial charge in [-0.3, -0.25) is 5.32 Å². The number of alkyl carbamates (subject to hydrolysis) is 1. The van der Waals surface area contributed by atoms with Crippen molar-refractivity contribution in [2.75, 3.05) is 12.9 Å². The van der Waals surface area contributed by atoms with Crippen LogP contribution in [0.4, 0.5) is 9.59 Å². The summed E-state index contributed by atoms with van der Waals surface area (Å²) in [6, 6.07) is 0. The second-order valence-corrected chi connectivity index (χ2v) is 4.74. The van der Waals surface area contributed by atoms with Crippen molar-refractivity contribution in [3.05, 3.63) is 0 Å². The zero-order chi connectivity index (χ0) is 13.5. The summed E-state index contributed by atoms with van der Waals surface area (Å²) >= 11 is 1.12. The molecule has 0 aliphatic rings. The number of nitrogens with one attached hydrogen (secondary N) is 1. The molecule has 2 amide bonds. The molecule has 0 aliphatic heterocycles. The molecule has 0 saturated heterocycles. The van der Waals surface area contributed by atoms with Crippen LogP contribution in [0.2, 0.25) is 0 Å². The summed E-state index contributed by atoms with van der Waals surface area (Å²) < 4.78 is 9.64. The third-order valence-electron chi connectivity index (χ3n) is 1.26. The first-order valence-corrected chi connectivity index (χ1v) is 6.30. The SMILES string of the molecule is CCOC(=O)N=C(NC(=O)OC(C)(C)C)SC. The highest BCUT2D eigenvalue weighted by atomic mass is 32.2. The van der Waals surface area contributed by atoms with Gasteiger partial charge in [0.05, 0.1) is 6.61 Å². The summed E-state index contributed by atoms with van der Waals surface area (Å²) in [5, 5.41) is 2.50. The predicted octanol–water partition coefficient (Wildman–Crippen LogP) is 2.39. The van der Waals surface area contributed by atoms with Crippen LogP contribution in [0.15, 0.2) is 4.99 Å². The standard InChI is InChI=1S/C10H18N2O4S/c1-6-15-8(13)11-7(17-5)12-9(14)16-10(2,3)4/h6H2,1-5H3,(H,11,12,13,14). The Hall–Kier alpha value is -1.24. The Kier molecular flexibility index (Phi) is 6.64. The molecule has 0 saturated carbocycles. The second kappa shape index (κ2) is 7.16. The highest BCUT2D eigenvalue weighted by molar-refractivity contribution is 8.13. The molecular formula is C10H18N2O4S. The lowest BCUT2D eigenvalue weighted by Crippen LogP contribution is -2.35. The lowest BCUT2D eigenvalue weighted by molar-refractivity contribution is 0.0564. The van der Waals surface area contributed by atoms with Gasteiger partial charge in [0.2, 0.25) is 0 Å². The van der Waals surface area contributed by atoms with E-state index >= 15 is 0 Å². The van der Waals surface area contributed by atoms with Crippen LogP contribution < -0.4 is 5.32 Å². The van der Waals surface area contributed by atoms with Crippen LogP contribution in [0.5, 0.6) is 0 Å². The third-order valence-corrected chi connectivity index (χ3v) is 1.84. The number of hydrogen-bond acceptors (Lipinski definition) is 5. The van der Waals surface area contributed by atoms with E-state index in [4.69, 9.17) is 4.74 Å². The molecule has 7 heteroatoms. The van der Waals surface area contributed by atoms with Crippen molar-refractivity contribution < 1.29 is 19.1 Å². The minimum Gasteiger partial charge on any atom is -0.448 e. The molecule has 0 aliphatic carbocycles. The molecule has 98 valence electrons. The van der Waals surface area contributed by atoms with Gasteiger partial charge in [0.15, 0.2) is 5.17 Å². The largest absolute Gasteiger partial charge is 0.448 e. The third kappa shape index (κ3) is 8.56. The Morgan fingerprint density at radius 2 is 1.94 bits per heavy atom. The van der Waals surface area contributed by atoms with Crippen molar-refractivity contribution >= 4 is 29.1 Å². The van der Waals surface area contributed by atoms with Crippen LogP contribution in [0.1, 0.15) is 27.7 Å². The fourth-order valence-electron chi connectivity index (χ4n) is 0.754. The molecule has 0 unspecified atom stereocenters. The van der Waals surface area contributed by atoms with Crippen molar-refractivity contribution in [3.63, 3.8) is 0 Å². The van der Waals surface area contributed by atoms with Gasteiger partial charge in [-0.15, -0.1) is 0 Å². The number of ether oxygens (including phenoxy) is 2. The minimum atomic E-state index is -0.743. The molecule has 6 nitrogen and oxygen atoms in total. The monoisotopic (exact) mass is 262 g/mol. The molecular weight excluding hydrogens is 244 g/mol. The first kappa shape index (κ1) is 15.8. The molecule has 0 atom stereocenters. The molecule has 17 heavy (non-hydrogen) atoms. The summed E-state index contributed by atoms with van der Waals surface area (Å²) in [7, 11) is 0. The van der Waals surface area contributed by atoms with E-state index in [1.54, 1.807) is 34.0 Å². The zero-order valence-electron chi connectivity index (χ0n) is 10.7. The number of amides is 2. The average Bonchev–Trinajstić information content (AvgIpc) is 2.13. The molecule has 0 aromatic carbocycles. The Bertz CT molecular complexity index is 310. The van der Waals surface area contributed by atoms with Gasteiger partial charge in [-0.2, -0.15) is 4.99 Å². The Morgan fingerprint density at radius 1 is 1.35 bits per heavy atom. The van der Waals surface area contributed by atoms with Gasteiger partial charge in [-0.25, -0.2) is 9.59 Å². The summed E-state index contributed by atoms with van der Waals surface area (Å²) in [6.07, 6.45) is 0.276. The first-order chi connectivity index (χ1) is 7.78. The molecule has 0 aromatic heterocycles. The molecule has 0 heterocycles. The number of rotatable bonds is 1. The number of nitrogens with zero attached hydrogens (tertiary/aromatic N) is 1. The van der Waals surface area contributed by atoms with Gasteiger partial charge in [-0.05, 0) is 34.0 Å². The van der Waals surface area contributed by atoms with E-state index in [9.17, 15) is 9.59 Å². The zero-order valence-corrected chi connectivity index (χ0v) is 11.5. The van der Waals surface area contributed by atoms with Crippen molar-refractivity contribution in [3.8, 4) is 0 Å². The molecule has 0 rings (SSSR count). The number of amidine groups is 1. The summed E-state index contributed by atoms with van der Waals surface area (Å²) in [5.41, 5.74) is -0.600. The van der Waals surface area contributed by atoms with Crippen LogP contribution in [0.25, 0.3) is 0 Å². The number of carbonyl (C=O) groups excluding carboxylic acids is 2. The van der Waals surface area contributed by atoms with E-state index in [1.165, 1.54) is 0 Å². The van der Waals surface area contributed by atoms with Gasteiger partial charge in [0.25, 0.3) is 0 Å². The van der Waals surface area contributed by atoms with E-state index in [2.05, 4.69) is 15.0 Å². The van der Waals surface area contributed by atoms with Gasteiger partial charge in [0.1, 0.15) is 5.60 Å². The van der Waals surface area contributed by atoms with E-state index < -0.39 is 17.8 Å². The van der Waals surface area contributed by atoms with Gasteiger partial charge < -0.3 is 9.47 Å². The van der Waals surface area contributed by atoms with Crippen LogP contribution >= 0.6 is 11.8 Å². The summed E-state index contributed by atoms with van der Waals surface area (Å²) in [5.74, 6) is 0. The Balaban J connectivity index is 4.40. The van der Waals surface area contributed by atoms with Crippen molar-refractivity contribution in [1.82, 2.24) is 5.32 Å². The maximum atomic E-state index is 11.4. The highest BCUT2D eigenvalue weighted by Gasteiger charge is 2.17. The number of thioether (sulfide) groups is 1. The Morgan fingerprint density at radius 3 is 2.35 bits per heavy atom. The van der Waals surface area contributed by atoms with E-state index in [0.29, 0.717) is 0 Å². The van der Waals surface area contributed by atoms with Crippen molar-refractivity contribution in [1.29, 1.82) is 0 Å². The van der Waals surface area contributed by atoms with E-state index in [-0.39, 0.29) is 11.8 Å². The Labute approximate surface area is 105 Å². The van der Waals surface area contributed by atoms with Crippen molar-refractivity contribution in [2.45, 2.75) is 33.3 Å². The smallest absolute Gasteiger partial charge is 0.436 e. The maximum Gasteiger partial charge on any atom is 0.436 e. The molecule has 0 bridgehead atoms. The average molecular weight is 262 g/mol. The van der Waals surface area contributed by atoms with Crippen LogP contribution in [0, 0.1) is 0 Å². The van der Waals surface area contributed by atoms with E-state index in [0.717, 1.165) is 11.8 Å². The summed E-state index contributed by atoms with van der Waals surface area (Å²) in [4.78, 5) is 26.0. The minimum absolute atomic E-state index is 0.137. The molecule has 0 aromatic rings.